The second-order valence-electron chi connectivity index (χ2n) is 2.12. The molecule has 2 heterocycles. The van der Waals surface area contributed by atoms with Crippen LogP contribution in [0.25, 0.3) is 0 Å². The number of hydrogen-bond acceptors (Lipinski definition) is 1. The van der Waals surface area contributed by atoms with Crippen LogP contribution in [0.5, 0.6) is 0 Å². The highest BCUT2D eigenvalue weighted by Crippen LogP contribution is 2.19. The highest BCUT2D eigenvalue weighted by atomic mass is 15.0. The molecular weight excluding hydrogens is 112 g/mol. The van der Waals surface area contributed by atoms with Crippen LogP contribution in [0.1, 0.15) is 12.0 Å². The van der Waals surface area contributed by atoms with Gasteiger partial charge in [-0.3, -0.25) is 0 Å². The van der Waals surface area contributed by atoms with E-state index in [4.69, 9.17) is 0 Å². The lowest BCUT2D eigenvalue weighted by Crippen LogP contribution is -2.08. The average molecular weight is 120 g/mol. The van der Waals surface area contributed by atoms with Gasteiger partial charge in [-0.25, -0.2) is 0 Å². The maximum Gasteiger partial charge on any atom is 0.107 e. The van der Waals surface area contributed by atoms with Crippen LogP contribution >= 0.6 is 0 Å². The molecule has 2 radical (unpaired) electrons. The molecule has 0 atom stereocenters. The fourth-order valence-corrected chi connectivity index (χ4v) is 1.05. The Morgan fingerprint density at radius 3 is 3.44 bits per heavy atom. The summed E-state index contributed by atoms with van der Waals surface area (Å²) < 4.78 is 0. The van der Waals surface area contributed by atoms with Crippen LogP contribution in [0, 0.1) is 6.42 Å². The molecule has 1 aromatic rings. The van der Waals surface area contributed by atoms with E-state index in [2.05, 4.69) is 16.7 Å². The third kappa shape index (κ3) is 0.707. The van der Waals surface area contributed by atoms with Gasteiger partial charge in [0, 0.05) is 24.7 Å². The number of fused-ring (bicyclic) bond motifs is 1. The first-order valence-electron chi connectivity index (χ1n) is 3.12. The largest absolute Gasteiger partial charge is 0.371 e. The van der Waals surface area contributed by atoms with Gasteiger partial charge < -0.3 is 10.3 Å². The molecule has 2 N–H and O–H groups in total. The molecule has 9 heavy (non-hydrogen) atoms. The zero-order valence-electron chi connectivity index (χ0n) is 5.07. The summed E-state index contributed by atoms with van der Waals surface area (Å²) in [6.45, 7) is 1.01. The fourth-order valence-electron chi connectivity index (χ4n) is 1.05. The van der Waals surface area contributed by atoms with E-state index in [0.29, 0.717) is 0 Å². The number of rotatable bonds is 0. The molecule has 0 aliphatic carbocycles. The molecule has 0 saturated heterocycles. The Bertz CT molecular complexity index is 182. The average Bonchev–Trinajstić information content (AvgIpc) is 2.33. The van der Waals surface area contributed by atoms with E-state index in [0.717, 1.165) is 18.8 Å². The number of aromatic amines is 1. The fraction of sp³-hybridized carbons (Fsp3) is 0.286. The van der Waals surface area contributed by atoms with Crippen molar-refractivity contribution in [2.75, 3.05) is 11.9 Å². The smallest absolute Gasteiger partial charge is 0.107 e. The molecule has 2 heteroatoms. The molecule has 1 aromatic heterocycles. The SMILES string of the molecule is [C]1CCNc2[nH]ccc21. The summed E-state index contributed by atoms with van der Waals surface area (Å²) in [6, 6.07) is 2.03. The minimum Gasteiger partial charge on any atom is -0.371 e. The van der Waals surface area contributed by atoms with Gasteiger partial charge in [0.05, 0.1) is 0 Å². The summed E-state index contributed by atoms with van der Waals surface area (Å²) in [5, 5.41) is 3.22. The molecule has 0 fully saturated rings. The highest BCUT2D eigenvalue weighted by molar-refractivity contribution is 5.51. The van der Waals surface area contributed by atoms with Crippen molar-refractivity contribution in [2.24, 2.45) is 0 Å². The van der Waals surface area contributed by atoms with E-state index in [9.17, 15) is 0 Å². The Balaban J connectivity index is 2.39. The molecule has 0 spiro atoms. The molecule has 46 valence electrons. The van der Waals surface area contributed by atoms with Crippen LogP contribution in [0.4, 0.5) is 5.82 Å². The van der Waals surface area contributed by atoms with Crippen LogP contribution in [0.3, 0.4) is 0 Å². The lowest BCUT2D eigenvalue weighted by Gasteiger charge is -2.11. The first kappa shape index (κ1) is 4.91. The van der Waals surface area contributed by atoms with Crippen molar-refractivity contribution < 1.29 is 0 Å². The Hall–Kier alpha value is -0.920. The molecule has 0 unspecified atom stereocenters. The van der Waals surface area contributed by atoms with E-state index >= 15 is 0 Å². The minimum absolute atomic E-state index is 1.01. The van der Waals surface area contributed by atoms with Crippen LogP contribution < -0.4 is 5.32 Å². The molecule has 0 amide bonds. The quantitative estimate of drug-likeness (QED) is 0.530. The standard InChI is InChI=1S/C7H8N2/c1-2-6-3-5-9-7(6)8-4-1/h3,5,8-9H,1,4H2. The van der Waals surface area contributed by atoms with Gasteiger partial charge in [-0.1, -0.05) is 0 Å². The van der Waals surface area contributed by atoms with Crippen molar-refractivity contribution >= 4 is 5.82 Å². The lowest BCUT2D eigenvalue weighted by atomic mass is 10.1. The van der Waals surface area contributed by atoms with E-state index in [1.54, 1.807) is 0 Å². The summed E-state index contributed by atoms with van der Waals surface area (Å²) in [7, 11) is 0. The van der Waals surface area contributed by atoms with Gasteiger partial charge in [0.25, 0.3) is 0 Å². The Kier molecular flexibility index (Phi) is 0.979. The Labute approximate surface area is 54.3 Å². The van der Waals surface area contributed by atoms with Crippen molar-refractivity contribution in [1.82, 2.24) is 4.98 Å². The summed E-state index contributed by atoms with van der Waals surface area (Å²) in [5.41, 5.74) is 1.18. The molecule has 2 nitrogen and oxygen atoms in total. The Morgan fingerprint density at radius 2 is 2.56 bits per heavy atom. The number of H-pyrrole nitrogens is 1. The number of anilines is 1. The van der Waals surface area contributed by atoms with Gasteiger partial charge >= 0.3 is 0 Å². The van der Waals surface area contributed by atoms with E-state index < -0.39 is 0 Å². The van der Waals surface area contributed by atoms with Crippen LogP contribution in [-0.2, 0) is 0 Å². The first-order valence-corrected chi connectivity index (χ1v) is 3.12. The van der Waals surface area contributed by atoms with Crippen molar-refractivity contribution in [1.29, 1.82) is 0 Å². The highest BCUT2D eigenvalue weighted by Gasteiger charge is 2.07. The van der Waals surface area contributed by atoms with E-state index in [-0.39, 0.29) is 0 Å². The van der Waals surface area contributed by atoms with E-state index in [1.807, 2.05) is 12.3 Å². The molecule has 1 aliphatic heterocycles. The zero-order chi connectivity index (χ0) is 6.10. The van der Waals surface area contributed by atoms with Gasteiger partial charge in [-0.15, -0.1) is 0 Å². The molecule has 2 rings (SSSR count). The first-order chi connectivity index (χ1) is 4.47. The van der Waals surface area contributed by atoms with Crippen LogP contribution in [0.2, 0.25) is 0 Å². The monoisotopic (exact) mass is 120 g/mol. The topological polar surface area (TPSA) is 27.8 Å². The molecule has 1 aliphatic rings. The second-order valence-corrected chi connectivity index (χ2v) is 2.12. The maximum absolute atomic E-state index is 3.25. The van der Waals surface area contributed by atoms with Crippen LogP contribution in [-0.4, -0.2) is 11.5 Å². The molecule has 0 aromatic carbocycles. The van der Waals surface area contributed by atoms with Gasteiger partial charge in [-0.05, 0) is 12.5 Å². The summed E-state index contributed by atoms with van der Waals surface area (Å²) in [5.74, 6) is 1.11. The summed E-state index contributed by atoms with van der Waals surface area (Å²) in [4.78, 5) is 3.08. The van der Waals surface area contributed by atoms with Crippen molar-refractivity contribution in [3.05, 3.63) is 24.2 Å². The van der Waals surface area contributed by atoms with Gasteiger partial charge in [-0.2, -0.15) is 0 Å². The Morgan fingerprint density at radius 1 is 1.56 bits per heavy atom. The normalized spacial score (nSPS) is 16.4. The van der Waals surface area contributed by atoms with Crippen molar-refractivity contribution in [2.45, 2.75) is 6.42 Å². The molecule has 0 saturated carbocycles. The van der Waals surface area contributed by atoms with Crippen LogP contribution in [0.15, 0.2) is 12.3 Å². The molecule has 0 bridgehead atoms. The minimum atomic E-state index is 1.01. The maximum atomic E-state index is 3.25. The predicted molar refractivity (Wildman–Crippen MR) is 36.2 cm³/mol. The number of nitrogens with one attached hydrogen (secondary N) is 2. The number of aromatic nitrogens is 1. The third-order valence-corrected chi connectivity index (χ3v) is 1.49. The predicted octanol–water partition coefficient (Wildman–Crippen LogP) is 1.26. The van der Waals surface area contributed by atoms with Gasteiger partial charge in [0.2, 0.25) is 0 Å². The van der Waals surface area contributed by atoms with Crippen molar-refractivity contribution in [3.8, 4) is 0 Å². The van der Waals surface area contributed by atoms with E-state index in [1.165, 1.54) is 5.56 Å². The van der Waals surface area contributed by atoms with Gasteiger partial charge in [0.1, 0.15) is 5.82 Å². The second kappa shape index (κ2) is 1.79. The lowest BCUT2D eigenvalue weighted by molar-refractivity contribution is 0.966. The zero-order valence-corrected chi connectivity index (χ0v) is 5.07. The molecular formula is C7H8N2. The third-order valence-electron chi connectivity index (χ3n) is 1.49. The van der Waals surface area contributed by atoms with Crippen molar-refractivity contribution in [3.63, 3.8) is 0 Å². The number of hydrogen-bond donors (Lipinski definition) is 2. The van der Waals surface area contributed by atoms with Gasteiger partial charge in [0.15, 0.2) is 0 Å². The summed E-state index contributed by atoms with van der Waals surface area (Å²) >= 11 is 0. The summed E-state index contributed by atoms with van der Waals surface area (Å²) in [6.07, 6.45) is 6.19.